The summed E-state index contributed by atoms with van der Waals surface area (Å²) in [5.41, 5.74) is 1.66. The van der Waals surface area contributed by atoms with Crippen molar-refractivity contribution in [2.45, 2.75) is 0 Å². The number of rotatable bonds is 5. The van der Waals surface area contributed by atoms with Crippen LogP contribution in [-0.2, 0) is 4.79 Å². The van der Waals surface area contributed by atoms with Gasteiger partial charge in [0.1, 0.15) is 10.8 Å². The smallest absolute Gasteiger partial charge is 0.328 e. The van der Waals surface area contributed by atoms with E-state index < -0.39 is 5.97 Å². The van der Waals surface area contributed by atoms with E-state index in [9.17, 15) is 4.79 Å². The molecule has 0 radical (unpaired) electrons. The van der Waals surface area contributed by atoms with Gasteiger partial charge in [-0.3, -0.25) is 0 Å². The van der Waals surface area contributed by atoms with Crippen LogP contribution >= 0.6 is 11.3 Å². The molecule has 0 spiro atoms. The van der Waals surface area contributed by atoms with E-state index in [1.165, 1.54) is 17.4 Å². The van der Waals surface area contributed by atoms with Gasteiger partial charge in [-0.05, 0) is 29.8 Å². The fourth-order valence-electron chi connectivity index (χ4n) is 1.52. The lowest BCUT2D eigenvalue weighted by Crippen LogP contribution is -1.85. The molecule has 0 fully saturated rings. The number of methoxy groups -OCH3 is 1. The third-order valence-electron chi connectivity index (χ3n) is 2.45. The summed E-state index contributed by atoms with van der Waals surface area (Å²) in [5.74, 6) is -0.178. The first kappa shape index (κ1) is 14.0. The van der Waals surface area contributed by atoms with Gasteiger partial charge >= 0.3 is 5.97 Å². The maximum Gasteiger partial charge on any atom is 0.328 e. The zero-order chi connectivity index (χ0) is 14.4. The Kier molecular flexibility index (Phi) is 4.68. The number of carboxylic acids is 1. The lowest BCUT2D eigenvalue weighted by atomic mass is 10.2. The number of aliphatic carboxylic acids is 1. The second-order valence-electron chi connectivity index (χ2n) is 3.89. The van der Waals surface area contributed by atoms with Crippen molar-refractivity contribution in [2.75, 3.05) is 7.11 Å². The first-order chi connectivity index (χ1) is 9.67. The molecule has 2 rings (SSSR count). The van der Waals surface area contributed by atoms with Crippen LogP contribution in [0, 0.1) is 0 Å². The molecule has 1 heterocycles. The second-order valence-corrected chi connectivity index (χ2v) is 4.78. The number of ether oxygens (including phenoxy) is 1. The molecular formula is C15H13NO3S. The third kappa shape index (κ3) is 4.07. The van der Waals surface area contributed by atoms with Crippen LogP contribution in [0.5, 0.6) is 5.75 Å². The minimum Gasteiger partial charge on any atom is -0.497 e. The first-order valence-electron chi connectivity index (χ1n) is 5.86. The maximum absolute atomic E-state index is 10.4. The fraction of sp³-hybridized carbons (Fsp3) is 0.0667. The van der Waals surface area contributed by atoms with Crippen LogP contribution in [0.4, 0.5) is 0 Å². The first-order valence-corrected chi connectivity index (χ1v) is 6.74. The summed E-state index contributed by atoms with van der Waals surface area (Å²) < 4.78 is 5.15. The van der Waals surface area contributed by atoms with Crippen LogP contribution in [-0.4, -0.2) is 23.2 Å². The van der Waals surface area contributed by atoms with Crippen molar-refractivity contribution in [2.24, 2.45) is 0 Å². The lowest BCUT2D eigenvalue weighted by molar-refractivity contribution is -0.131. The molecule has 0 atom stereocenters. The molecule has 4 nitrogen and oxygen atoms in total. The highest BCUT2D eigenvalue weighted by Gasteiger charge is 1.97. The molecule has 0 amide bonds. The van der Waals surface area contributed by atoms with Crippen molar-refractivity contribution in [3.8, 4) is 5.75 Å². The lowest BCUT2D eigenvalue weighted by Gasteiger charge is -1.99. The normalized spacial score (nSPS) is 11.2. The summed E-state index contributed by atoms with van der Waals surface area (Å²) in [6.45, 7) is 0. The van der Waals surface area contributed by atoms with Crippen LogP contribution in [0.3, 0.4) is 0 Å². The fourth-order valence-corrected chi connectivity index (χ4v) is 2.20. The molecule has 102 valence electrons. The summed E-state index contributed by atoms with van der Waals surface area (Å²) in [6, 6.07) is 7.70. The molecule has 0 aliphatic heterocycles. The summed E-state index contributed by atoms with van der Waals surface area (Å²) in [5, 5.41) is 11.2. The van der Waals surface area contributed by atoms with Crippen LogP contribution in [0.15, 0.2) is 35.7 Å². The monoisotopic (exact) mass is 287 g/mol. The zero-order valence-corrected chi connectivity index (χ0v) is 11.6. The number of hydrogen-bond acceptors (Lipinski definition) is 4. The predicted molar refractivity (Wildman–Crippen MR) is 80.7 cm³/mol. The predicted octanol–water partition coefficient (Wildman–Crippen LogP) is 3.42. The minimum atomic E-state index is -0.980. The summed E-state index contributed by atoms with van der Waals surface area (Å²) in [7, 11) is 1.63. The molecule has 20 heavy (non-hydrogen) atoms. The van der Waals surface area contributed by atoms with Gasteiger partial charge in [-0.1, -0.05) is 18.2 Å². The summed E-state index contributed by atoms with van der Waals surface area (Å²) >= 11 is 1.46. The van der Waals surface area contributed by atoms with Gasteiger partial charge in [-0.25, -0.2) is 9.78 Å². The van der Waals surface area contributed by atoms with Gasteiger partial charge in [0.2, 0.25) is 0 Å². The van der Waals surface area contributed by atoms with E-state index in [-0.39, 0.29) is 0 Å². The molecule has 1 aromatic heterocycles. The SMILES string of the molecule is COc1cccc(C=Cc2nc(C=CC(=O)O)cs2)c1. The largest absolute Gasteiger partial charge is 0.497 e. The molecule has 0 saturated heterocycles. The van der Waals surface area contributed by atoms with E-state index >= 15 is 0 Å². The molecular weight excluding hydrogens is 274 g/mol. The van der Waals surface area contributed by atoms with Crippen molar-refractivity contribution in [3.63, 3.8) is 0 Å². The Bertz CT molecular complexity index is 659. The van der Waals surface area contributed by atoms with Gasteiger partial charge in [0, 0.05) is 11.5 Å². The van der Waals surface area contributed by atoms with Crippen LogP contribution in [0.1, 0.15) is 16.3 Å². The Hall–Kier alpha value is -2.40. The van der Waals surface area contributed by atoms with E-state index in [2.05, 4.69) is 4.98 Å². The van der Waals surface area contributed by atoms with Gasteiger partial charge in [-0.2, -0.15) is 0 Å². The number of nitrogens with zero attached hydrogens (tertiary/aromatic N) is 1. The quantitative estimate of drug-likeness (QED) is 0.856. The molecule has 0 bridgehead atoms. The number of benzene rings is 1. The highest BCUT2D eigenvalue weighted by molar-refractivity contribution is 7.10. The van der Waals surface area contributed by atoms with Crippen molar-refractivity contribution in [1.82, 2.24) is 4.98 Å². The van der Waals surface area contributed by atoms with Gasteiger partial charge in [0.25, 0.3) is 0 Å². The molecule has 0 aliphatic rings. The molecule has 1 N–H and O–H groups in total. The van der Waals surface area contributed by atoms with E-state index in [1.54, 1.807) is 7.11 Å². The number of carbonyl (C=O) groups is 1. The Labute approximate surface area is 120 Å². The zero-order valence-electron chi connectivity index (χ0n) is 10.8. The second kappa shape index (κ2) is 6.68. The van der Waals surface area contributed by atoms with Crippen molar-refractivity contribution in [1.29, 1.82) is 0 Å². The van der Waals surface area contributed by atoms with Gasteiger partial charge in [0.05, 0.1) is 12.8 Å². The Morgan fingerprint density at radius 2 is 2.20 bits per heavy atom. The standard InChI is InChI=1S/C15H13NO3S/c1-19-13-4-2-3-11(9-13)5-7-14-16-12(10-20-14)6-8-15(17)18/h2-10H,1H3,(H,17,18). The number of thiazole rings is 1. The Morgan fingerprint density at radius 3 is 2.95 bits per heavy atom. The molecule has 0 aliphatic carbocycles. The molecule has 0 saturated carbocycles. The third-order valence-corrected chi connectivity index (χ3v) is 3.28. The van der Waals surface area contributed by atoms with Gasteiger partial charge in [0.15, 0.2) is 0 Å². The van der Waals surface area contributed by atoms with Gasteiger partial charge < -0.3 is 9.84 Å². The van der Waals surface area contributed by atoms with E-state index in [0.717, 1.165) is 22.4 Å². The molecule has 1 aromatic carbocycles. The number of aromatic nitrogens is 1. The van der Waals surface area contributed by atoms with Crippen molar-refractivity contribution in [3.05, 3.63) is 52.0 Å². The number of hydrogen-bond donors (Lipinski definition) is 1. The average molecular weight is 287 g/mol. The van der Waals surface area contributed by atoms with E-state index in [4.69, 9.17) is 9.84 Å². The highest BCUT2D eigenvalue weighted by Crippen LogP contribution is 2.17. The molecule has 0 unspecified atom stereocenters. The van der Waals surface area contributed by atoms with Crippen LogP contribution < -0.4 is 4.74 Å². The van der Waals surface area contributed by atoms with Gasteiger partial charge in [-0.15, -0.1) is 11.3 Å². The summed E-state index contributed by atoms with van der Waals surface area (Å²) in [6.07, 6.45) is 6.37. The minimum absolute atomic E-state index is 0.641. The van der Waals surface area contributed by atoms with E-state index in [1.807, 2.05) is 41.8 Å². The highest BCUT2D eigenvalue weighted by atomic mass is 32.1. The number of carboxylic acid groups (broad SMARTS) is 1. The maximum atomic E-state index is 10.4. The summed E-state index contributed by atoms with van der Waals surface area (Å²) in [4.78, 5) is 14.7. The average Bonchev–Trinajstić information content (AvgIpc) is 2.91. The Balaban J connectivity index is 2.09. The van der Waals surface area contributed by atoms with Crippen LogP contribution in [0.25, 0.3) is 18.2 Å². The van der Waals surface area contributed by atoms with E-state index in [0.29, 0.717) is 5.69 Å². The van der Waals surface area contributed by atoms with Crippen LogP contribution in [0.2, 0.25) is 0 Å². The van der Waals surface area contributed by atoms with Crippen molar-refractivity contribution >= 4 is 35.5 Å². The topological polar surface area (TPSA) is 59.4 Å². The van der Waals surface area contributed by atoms with Crippen molar-refractivity contribution < 1.29 is 14.6 Å². The molecule has 2 aromatic rings. The Morgan fingerprint density at radius 1 is 1.35 bits per heavy atom. The molecule has 5 heteroatoms.